The maximum atomic E-state index is 8.48. The van der Waals surface area contributed by atoms with E-state index in [0.29, 0.717) is 0 Å². The lowest BCUT2D eigenvalue weighted by Crippen LogP contribution is -2.17. The SMILES string of the molecule is CCOCC.COCC(O)CO. The average molecular weight is 180 g/mol. The number of hydrogen-bond donors (Lipinski definition) is 2. The third kappa shape index (κ3) is 16.4. The van der Waals surface area contributed by atoms with Crippen molar-refractivity contribution < 1.29 is 19.7 Å². The van der Waals surface area contributed by atoms with Crippen LogP contribution in [0.4, 0.5) is 0 Å². The minimum absolute atomic E-state index is 0.205. The first-order chi connectivity index (χ1) is 5.72. The van der Waals surface area contributed by atoms with E-state index in [4.69, 9.17) is 14.9 Å². The Morgan fingerprint density at radius 3 is 1.83 bits per heavy atom. The highest BCUT2D eigenvalue weighted by Gasteiger charge is 1.96. The molecular formula is C8H20O4. The first kappa shape index (κ1) is 14.4. The molecule has 0 saturated heterocycles. The Labute approximate surface area is 74.1 Å². The molecule has 0 aromatic heterocycles. The highest BCUT2D eigenvalue weighted by Crippen LogP contribution is 1.77. The molecule has 2 N–H and O–H groups in total. The summed E-state index contributed by atoms with van der Waals surface area (Å²) in [7, 11) is 1.47. The van der Waals surface area contributed by atoms with Crippen molar-refractivity contribution in [3.8, 4) is 0 Å². The summed E-state index contributed by atoms with van der Waals surface area (Å²) in [4.78, 5) is 0. The van der Waals surface area contributed by atoms with Gasteiger partial charge < -0.3 is 19.7 Å². The van der Waals surface area contributed by atoms with Crippen molar-refractivity contribution in [1.82, 2.24) is 0 Å². The van der Waals surface area contributed by atoms with Gasteiger partial charge in [-0.25, -0.2) is 0 Å². The van der Waals surface area contributed by atoms with Gasteiger partial charge in [0.1, 0.15) is 6.10 Å². The molecule has 0 saturated carbocycles. The maximum absolute atomic E-state index is 8.48. The van der Waals surface area contributed by atoms with Gasteiger partial charge in [0.15, 0.2) is 0 Å². The summed E-state index contributed by atoms with van der Waals surface area (Å²) in [5, 5.41) is 16.6. The van der Waals surface area contributed by atoms with Crippen molar-refractivity contribution in [3.05, 3.63) is 0 Å². The number of aliphatic hydroxyl groups is 2. The van der Waals surface area contributed by atoms with Crippen LogP contribution in [0.5, 0.6) is 0 Å². The van der Waals surface area contributed by atoms with E-state index in [1.807, 2.05) is 13.8 Å². The zero-order chi connectivity index (χ0) is 9.82. The third-order valence-corrected chi connectivity index (χ3v) is 0.978. The van der Waals surface area contributed by atoms with E-state index in [9.17, 15) is 0 Å². The summed E-state index contributed by atoms with van der Waals surface area (Å²) >= 11 is 0. The van der Waals surface area contributed by atoms with E-state index in [0.717, 1.165) is 13.2 Å². The average Bonchev–Trinajstić information content (AvgIpc) is 2.07. The van der Waals surface area contributed by atoms with Gasteiger partial charge in [0.05, 0.1) is 13.2 Å². The Bertz CT molecular complexity index is 66.1. The van der Waals surface area contributed by atoms with Gasteiger partial charge in [0.2, 0.25) is 0 Å². The van der Waals surface area contributed by atoms with Gasteiger partial charge in [-0.1, -0.05) is 0 Å². The number of methoxy groups -OCH3 is 1. The molecule has 76 valence electrons. The van der Waals surface area contributed by atoms with Crippen molar-refractivity contribution >= 4 is 0 Å². The molecule has 0 bridgehead atoms. The fraction of sp³-hybridized carbons (Fsp3) is 1.00. The van der Waals surface area contributed by atoms with Crippen molar-refractivity contribution in [2.24, 2.45) is 0 Å². The molecule has 0 rings (SSSR count). The first-order valence-electron chi connectivity index (χ1n) is 4.08. The molecule has 0 fully saturated rings. The van der Waals surface area contributed by atoms with Crippen LogP contribution in [0.25, 0.3) is 0 Å². The highest BCUT2D eigenvalue weighted by molar-refractivity contribution is 4.46. The van der Waals surface area contributed by atoms with Crippen molar-refractivity contribution in [3.63, 3.8) is 0 Å². The lowest BCUT2D eigenvalue weighted by Gasteiger charge is -2.01. The second-order valence-corrected chi connectivity index (χ2v) is 2.07. The molecule has 0 aromatic carbocycles. The van der Waals surface area contributed by atoms with Crippen LogP contribution >= 0.6 is 0 Å². The van der Waals surface area contributed by atoms with Crippen molar-refractivity contribution in [1.29, 1.82) is 0 Å². The predicted octanol–water partition coefficient (Wildman–Crippen LogP) is 0.0288. The lowest BCUT2D eigenvalue weighted by molar-refractivity contribution is 0.0254. The third-order valence-electron chi connectivity index (χ3n) is 0.978. The molecule has 0 spiro atoms. The van der Waals surface area contributed by atoms with Gasteiger partial charge in [-0.05, 0) is 13.8 Å². The molecule has 0 aliphatic heterocycles. The summed E-state index contributed by atoms with van der Waals surface area (Å²) in [6.45, 7) is 5.64. The van der Waals surface area contributed by atoms with E-state index in [2.05, 4.69) is 4.74 Å². The molecule has 0 heterocycles. The monoisotopic (exact) mass is 180 g/mol. The Morgan fingerprint density at radius 1 is 1.25 bits per heavy atom. The summed E-state index contributed by atoms with van der Waals surface area (Å²) in [6.07, 6.45) is -0.718. The molecule has 0 radical (unpaired) electrons. The fourth-order valence-corrected chi connectivity index (χ4v) is 0.449. The van der Waals surface area contributed by atoms with Gasteiger partial charge in [-0.3, -0.25) is 0 Å². The van der Waals surface area contributed by atoms with E-state index in [1.54, 1.807) is 0 Å². The topological polar surface area (TPSA) is 58.9 Å². The second-order valence-electron chi connectivity index (χ2n) is 2.07. The Balaban J connectivity index is 0. The number of aliphatic hydroxyl groups excluding tert-OH is 2. The summed E-state index contributed by atoms with van der Waals surface area (Å²) in [6, 6.07) is 0. The van der Waals surface area contributed by atoms with E-state index in [1.165, 1.54) is 7.11 Å². The highest BCUT2D eigenvalue weighted by atomic mass is 16.5. The van der Waals surface area contributed by atoms with Crippen LogP contribution in [0.3, 0.4) is 0 Å². The predicted molar refractivity (Wildman–Crippen MR) is 47.1 cm³/mol. The maximum Gasteiger partial charge on any atom is 0.100 e. The molecule has 0 aliphatic rings. The largest absolute Gasteiger partial charge is 0.394 e. The zero-order valence-electron chi connectivity index (χ0n) is 8.12. The van der Waals surface area contributed by atoms with Crippen LogP contribution in [0.1, 0.15) is 13.8 Å². The Morgan fingerprint density at radius 2 is 1.75 bits per heavy atom. The molecule has 1 atom stereocenters. The molecule has 1 unspecified atom stereocenters. The van der Waals surface area contributed by atoms with Crippen LogP contribution in [-0.2, 0) is 9.47 Å². The standard InChI is InChI=1S/C4H10O3.C4H10O/c1-7-3-4(6)2-5;1-3-5-4-2/h4-6H,2-3H2,1H3;3-4H2,1-2H3. The van der Waals surface area contributed by atoms with E-state index in [-0.39, 0.29) is 13.2 Å². The van der Waals surface area contributed by atoms with Crippen LogP contribution in [0, 0.1) is 0 Å². The van der Waals surface area contributed by atoms with E-state index < -0.39 is 6.10 Å². The Kier molecular flexibility index (Phi) is 16.1. The number of ether oxygens (including phenoxy) is 2. The lowest BCUT2D eigenvalue weighted by atomic mass is 10.4. The van der Waals surface area contributed by atoms with Crippen LogP contribution in [0.15, 0.2) is 0 Å². The Hall–Kier alpha value is -0.160. The minimum atomic E-state index is -0.718. The molecule has 4 nitrogen and oxygen atoms in total. The van der Waals surface area contributed by atoms with Crippen LogP contribution in [-0.4, -0.2) is 49.9 Å². The van der Waals surface area contributed by atoms with Gasteiger partial charge >= 0.3 is 0 Å². The van der Waals surface area contributed by atoms with E-state index >= 15 is 0 Å². The quantitative estimate of drug-likeness (QED) is 0.626. The van der Waals surface area contributed by atoms with Crippen LogP contribution < -0.4 is 0 Å². The zero-order valence-corrected chi connectivity index (χ0v) is 8.12. The molecule has 0 aromatic rings. The van der Waals surface area contributed by atoms with Gasteiger partial charge in [-0.2, -0.15) is 0 Å². The van der Waals surface area contributed by atoms with Gasteiger partial charge in [-0.15, -0.1) is 0 Å². The molecular weight excluding hydrogens is 160 g/mol. The molecule has 0 amide bonds. The fourth-order valence-electron chi connectivity index (χ4n) is 0.449. The summed E-state index contributed by atoms with van der Waals surface area (Å²) in [5.41, 5.74) is 0. The number of hydrogen-bond acceptors (Lipinski definition) is 4. The van der Waals surface area contributed by atoms with Gasteiger partial charge in [0.25, 0.3) is 0 Å². The van der Waals surface area contributed by atoms with Crippen molar-refractivity contribution in [2.45, 2.75) is 20.0 Å². The first-order valence-corrected chi connectivity index (χ1v) is 4.08. The van der Waals surface area contributed by atoms with Crippen molar-refractivity contribution in [2.75, 3.05) is 33.5 Å². The molecule has 12 heavy (non-hydrogen) atoms. The normalized spacial score (nSPS) is 11.8. The molecule has 4 heteroatoms. The van der Waals surface area contributed by atoms with Gasteiger partial charge in [0, 0.05) is 20.3 Å². The summed E-state index contributed by atoms with van der Waals surface area (Å²) in [5.74, 6) is 0. The smallest absolute Gasteiger partial charge is 0.100 e. The second kappa shape index (κ2) is 13.4. The number of rotatable bonds is 5. The van der Waals surface area contributed by atoms with Crippen LogP contribution in [0.2, 0.25) is 0 Å². The minimum Gasteiger partial charge on any atom is -0.394 e. The summed E-state index contributed by atoms with van der Waals surface area (Å²) < 4.78 is 9.32. The molecule has 0 aliphatic carbocycles.